The molecule has 0 N–H and O–H groups in total. The molecule has 0 atom stereocenters. The Labute approximate surface area is 101 Å². The largest absolute Gasteiger partial charge is 0.207 e. The number of halogens is 2. The van der Waals surface area contributed by atoms with Gasteiger partial charge in [-0.3, -0.25) is 0 Å². The third kappa shape index (κ3) is 2.82. The molecule has 0 heterocycles. The molecule has 0 nitrogen and oxygen atoms in total. The lowest BCUT2D eigenvalue weighted by atomic mass is 9.97. The van der Waals surface area contributed by atoms with Crippen LogP contribution in [0.4, 0.5) is 8.78 Å². The van der Waals surface area contributed by atoms with E-state index in [1.807, 2.05) is 0 Å². The molecule has 2 heteroatoms. The topological polar surface area (TPSA) is 0 Å². The molecule has 1 aliphatic rings. The second kappa shape index (κ2) is 4.82. The van der Waals surface area contributed by atoms with Crippen LogP contribution in [0, 0.1) is 17.6 Å². The highest BCUT2D eigenvalue weighted by atomic mass is 19.1. The van der Waals surface area contributed by atoms with Crippen molar-refractivity contribution in [2.75, 3.05) is 0 Å². The molecule has 90 valence electrons. The quantitative estimate of drug-likeness (QED) is 0.726. The van der Waals surface area contributed by atoms with Crippen molar-refractivity contribution < 1.29 is 8.78 Å². The number of hydrogen-bond acceptors (Lipinski definition) is 0. The third-order valence-electron chi connectivity index (χ3n) is 3.14. The van der Waals surface area contributed by atoms with E-state index in [-0.39, 0.29) is 0 Å². The fourth-order valence-corrected chi connectivity index (χ4v) is 2.03. The van der Waals surface area contributed by atoms with Crippen molar-refractivity contribution in [3.05, 3.63) is 58.7 Å². The van der Waals surface area contributed by atoms with Crippen LogP contribution in [0.3, 0.4) is 0 Å². The lowest BCUT2D eigenvalue weighted by Gasteiger charge is -2.09. The Kier molecular flexibility index (Phi) is 3.41. The van der Waals surface area contributed by atoms with Crippen LogP contribution >= 0.6 is 0 Å². The fraction of sp³-hybridized carbons (Fsp3) is 0.333. The van der Waals surface area contributed by atoms with Gasteiger partial charge in [0.25, 0.3) is 0 Å². The van der Waals surface area contributed by atoms with Crippen LogP contribution in [0.15, 0.2) is 41.5 Å². The number of hydrogen-bond donors (Lipinski definition) is 0. The highest BCUT2D eigenvalue weighted by molar-refractivity contribution is 5.35. The zero-order chi connectivity index (χ0) is 12.4. The molecule has 1 aromatic rings. The Morgan fingerprint density at radius 1 is 1.18 bits per heavy atom. The van der Waals surface area contributed by atoms with Crippen molar-refractivity contribution in [2.24, 2.45) is 5.92 Å². The summed E-state index contributed by atoms with van der Waals surface area (Å²) < 4.78 is 26.2. The van der Waals surface area contributed by atoms with E-state index >= 15 is 0 Å². The van der Waals surface area contributed by atoms with Crippen LogP contribution in [0.5, 0.6) is 0 Å². The van der Waals surface area contributed by atoms with Crippen molar-refractivity contribution >= 4 is 0 Å². The smallest absolute Gasteiger partial charge is 0.129 e. The molecular weight excluding hydrogens is 218 g/mol. The van der Waals surface area contributed by atoms with Gasteiger partial charge in [-0.1, -0.05) is 43.2 Å². The monoisotopic (exact) mass is 234 g/mol. The van der Waals surface area contributed by atoms with Gasteiger partial charge in [-0.2, -0.15) is 0 Å². The summed E-state index contributed by atoms with van der Waals surface area (Å²) in [6, 6.07) is 3.78. The predicted octanol–water partition coefficient (Wildman–Crippen LogP) is 4.42. The zero-order valence-corrected chi connectivity index (χ0v) is 10.1. The molecule has 1 aromatic carbocycles. The number of rotatable bonds is 3. The molecule has 0 radical (unpaired) electrons. The molecule has 1 aliphatic carbocycles. The highest BCUT2D eigenvalue weighted by Gasteiger charge is 2.13. The van der Waals surface area contributed by atoms with Crippen LogP contribution in [-0.4, -0.2) is 0 Å². The average Bonchev–Trinajstić information content (AvgIpc) is 2.71. The Morgan fingerprint density at radius 3 is 2.53 bits per heavy atom. The lowest BCUT2D eigenvalue weighted by molar-refractivity contribution is 0.574. The summed E-state index contributed by atoms with van der Waals surface area (Å²) >= 11 is 0. The minimum absolute atomic E-state index is 0.455. The SMILES string of the molecule is CC(C)C1=CC=C(Cc2ccc(F)cc2F)C1. The minimum atomic E-state index is -0.521. The van der Waals surface area contributed by atoms with E-state index in [9.17, 15) is 8.78 Å². The second-order valence-electron chi connectivity index (χ2n) is 4.81. The van der Waals surface area contributed by atoms with Crippen LogP contribution in [0.25, 0.3) is 0 Å². The van der Waals surface area contributed by atoms with Crippen molar-refractivity contribution in [1.29, 1.82) is 0 Å². The van der Waals surface area contributed by atoms with Crippen molar-refractivity contribution in [1.82, 2.24) is 0 Å². The van der Waals surface area contributed by atoms with Crippen molar-refractivity contribution in [3.8, 4) is 0 Å². The lowest BCUT2D eigenvalue weighted by Crippen LogP contribution is -1.97. The first-order valence-corrected chi connectivity index (χ1v) is 5.88. The van der Waals surface area contributed by atoms with Gasteiger partial charge in [0.15, 0.2) is 0 Å². The fourth-order valence-electron chi connectivity index (χ4n) is 2.03. The predicted molar refractivity (Wildman–Crippen MR) is 65.7 cm³/mol. The third-order valence-corrected chi connectivity index (χ3v) is 3.14. The van der Waals surface area contributed by atoms with E-state index in [2.05, 4.69) is 26.0 Å². The summed E-state index contributed by atoms with van der Waals surface area (Å²) in [4.78, 5) is 0. The van der Waals surface area contributed by atoms with Gasteiger partial charge in [0.2, 0.25) is 0 Å². The molecule has 0 saturated heterocycles. The maximum absolute atomic E-state index is 13.5. The number of allylic oxidation sites excluding steroid dienone is 4. The zero-order valence-electron chi connectivity index (χ0n) is 10.1. The van der Waals surface area contributed by atoms with Gasteiger partial charge in [0.1, 0.15) is 11.6 Å². The molecule has 0 saturated carbocycles. The van der Waals surface area contributed by atoms with Gasteiger partial charge >= 0.3 is 0 Å². The molecule has 0 bridgehead atoms. The normalized spacial score (nSPS) is 15.1. The first kappa shape index (κ1) is 12.0. The number of benzene rings is 1. The van der Waals surface area contributed by atoms with Gasteiger partial charge in [-0.05, 0) is 30.4 Å². The molecule has 17 heavy (non-hydrogen) atoms. The maximum atomic E-state index is 13.5. The molecular formula is C15H16F2. The molecule has 0 amide bonds. The Hall–Kier alpha value is -1.44. The highest BCUT2D eigenvalue weighted by Crippen LogP contribution is 2.28. The summed E-state index contributed by atoms with van der Waals surface area (Å²) in [5.41, 5.74) is 3.14. The molecule has 2 rings (SSSR count). The Balaban J connectivity index is 2.05. The molecule has 0 fully saturated rings. The first-order chi connectivity index (χ1) is 8.06. The molecule has 0 spiro atoms. The summed E-state index contributed by atoms with van der Waals surface area (Å²) in [6.45, 7) is 4.31. The van der Waals surface area contributed by atoms with Gasteiger partial charge < -0.3 is 0 Å². The van der Waals surface area contributed by atoms with E-state index < -0.39 is 11.6 Å². The Morgan fingerprint density at radius 2 is 1.94 bits per heavy atom. The standard InChI is InChI=1S/C15H16F2/c1-10(2)12-4-3-11(7-12)8-13-5-6-14(16)9-15(13)17/h3-6,9-10H,7-8H2,1-2H3. The van der Waals surface area contributed by atoms with E-state index in [1.165, 1.54) is 23.3 Å². The van der Waals surface area contributed by atoms with E-state index in [1.54, 1.807) is 0 Å². The van der Waals surface area contributed by atoms with E-state index in [4.69, 9.17) is 0 Å². The summed E-state index contributed by atoms with van der Waals surface area (Å²) in [6.07, 6.45) is 5.65. The Bertz CT molecular complexity index is 482. The summed E-state index contributed by atoms with van der Waals surface area (Å²) in [5, 5.41) is 0. The second-order valence-corrected chi connectivity index (χ2v) is 4.81. The minimum Gasteiger partial charge on any atom is -0.207 e. The van der Waals surface area contributed by atoms with Crippen LogP contribution < -0.4 is 0 Å². The van der Waals surface area contributed by atoms with Crippen molar-refractivity contribution in [3.63, 3.8) is 0 Å². The van der Waals surface area contributed by atoms with E-state index in [0.29, 0.717) is 17.9 Å². The molecule has 0 aliphatic heterocycles. The maximum Gasteiger partial charge on any atom is 0.129 e. The van der Waals surface area contributed by atoms with Crippen LogP contribution in [-0.2, 0) is 6.42 Å². The summed E-state index contributed by atoms with van der Waals surface area (Å²) in [5.74, 6) is -0.446. The molecule has 0 aromatic heterocycles. The van der Waals surface area contributed by atoms with Gasteiger partial charge in [0, 0.05) is 6.07 Å². The van der Waals surface area contributed by atoms with Gasteiger partial charge in [0.05, 0.1) is 0 Å². The first-order valence-electron chi connectivity index (χ1n) is 5.88. The molecule has 0 unspecified atom stereocenters. The van der Waals surface area contributed by atoms with Gasteiger partial charge in [-0.15, -0.1) is 0 Å². The van der Waals surface area contributed by atoms with E-state index in [0.717, 1.165) is 12.5 Å². The average molecular weight is 234 g/mol. The summed E-state index contributed by atoms with van der Waals surface area (Å²) in [7, 11) is 0. The van der Waals surface area contributed by atoms with Crippen LogP contribution in [0.1, 0.15) is 25.8 Å². The van der Waals surface area contributed by atoms with Gasteiger partial charge in [-0.25, -0.2) is 8.78 Å². The van der Waals surface area contributed by atoms with Crippen LogP contribution in [0.2, 0.25) is 0 Å². The van der Waals surface area contributed by atoms with Crippen molar-refractivity contribution in [2.45, 2.75) is 26.7 Å².